The van der Waals surface area contributed by atoms with Crippen LogP contribution in [0, 0.1) is 0 Å². The molecule has 0 radical (unpaired) electrons. The average Bonchev–Trinajstić information content (AvgIpc) is 2.86. The van der Waals surface area contributed by atoms with Crippen LogP contribution in [-0.4, -0.2) is 18.5 Å². The fraction of sp³-hybridized carbons (Fsp3) is 0.286. The Kier molecular flexibility index (Phi) is 9.52. The van der Waals surface area contributed by atoms with Gasteiger partial charge in [0.15, 0.2) is 0 Å². The van der Waals surface area contributed by atoms with Gasteiger partial charge >= 0.3 is 5.97 Å². The van der Waals surface area contributed by atoms with E-state index in [1.165, 1.54) is 25.7 Å². The maximum absolute atomic E-state index is 12.4. The molecule has 3 aromatic rings. The van der Waals surface area contributed by atoms with E-state index in [1.54, 1.807) is 48.5 Å². The molecule has 5 nitrogen and oxygen atoms in total. The lowest BCUT2D eigenvalue weighted by molar-refractivity contribution is 0.0734. The number of nitrogens with one attached hydrogen (secondary N) is 1. The van der Waals surface area contributed by atoms with Gasteiger partial charge in [-0.15, -0.1) is 0 Å². The van der Waals surface area contributed by atoms with Crippen LogP contribution in [0.25, 0.3) is 0 Å². The third-order valence-electron chi connectivity index (χ3n) is 5.23. The maximum atomic E-state index is 12.4. The third-order valence-corrected chi connectivity index (χ3v) is 5.23. The van der Waals surface area contributed by atoms with Crippen LogP contribution in [0.4, 0.5) is 0 Å². The number of rotatable bonds is 12. The molecule has 0 aliphatic carbocycles. The summed E-state index contributed by atoms with van der Waals surface area (Å²) < 4.78 is 11.2. The fourth-order valence-electron chi connectivity index (χ4n) is 3.30. The third kappa shape index (κ3) is 8.11. The molecule has 0 fully saturated rings. The van der Waals surface area contributed by atoms with Crippen LogP contribution in [0.2, 0.25) is 0 Å². The molecule has 0 bridgehead atoms. The Morgan fingerprint density at radius 2 is 1.39 bits per heavy atom. The van der Waals surface area contributed by atoms with Gasteiger partial charge in [-0.1, -0.05) is 62.9 Å². The minimum Gasteiger partial charge on any atom is -0.494 e. The van der Waals surface area contributed by atoms with E-state index in [0.29, 0.717) is 30.0 Å². The first-order valence-electron chi connectivity index (χ1n) is 11.5. The number of esters is 1. The predicted octanol–water partition coefficient (Wildman–Crippen LogP) is 6.19. The zero-order valence-corrected chi connectivity index (χ0v) is 19.1. The Hall–Kier alpha value is -3.60. The van der Waals surface area contributed by atoms with Crippen molar-refractivity contribution in [2.24, 2.45) is 0 Å². The van der Waals surface area contributed by atoms with E-state index in [1.807, 2.05) is 30.3 Å². The van der Waals surface area contributed by atoms with Crippen molar-refractivity contribution in [3.8, 4) is 11.5 Å². The number of hydrogen-bond donors (Lipinski definition) is 1. The monoisotopic (exact) mass is 445 g/mol. The van der Waals surface area contributed by atoms with Crippen LogP contribution in [0.15, 0.2) is 78.9 Å². The summed E-state index contributed by atoms with van der Waals surface area (Å²) in [5, 5.41) is 2.88. The van der Waals surface area contributed by atoms with Crippen LogP contribution < -0.4 is 14.8 Å². The standard InChI is InChI=1S/C28H31NO4/c1-2-3-4-5-9-20-32-25-18-14-24(15-19-25)28(31)33-26-16-12-22(13-17-26)21-29-27(30)23-10-7-6-8-11-23/h6-8,10-19H,2-5,9,20-21H2,1H3,(H,29,30). The number of unbranched alkanes of at least 4 members (excludes halogenated alkanes) is 4. The number of benzene rings is 3. The smallest absolute Gasteiger partial charge is 0.343 e. The molecule has 33 heavy (non-hydrogen) atoms. The minimum atomic E-state index is -0.425. The molecule has 1 N–H and O–H groups in total. The summed E-state index contributed by atoms with van der Waals surface area (Å²) >= 11 is 0. The van der Waals surface area contributed by atoms with Gasteiger partial charge in [0.2, 0.25) is 0 Å². The first-order chi connectivity index (χ1) is 16.2. The van der Waals surface area contributed by atoms with Gasteiger partial charge in [0, 0.05) is 12.1 Å². The van der Waals surface area contributed by atoms with Crippen molar-refractivity contribution in [2.45, 2.75) is 45.6 Å². The molecule has 0 saturated carbocycles. The Labute approximate surface area is 195 Å². The number of carbonyl (C=O) groups is 2. The normalized spacial score (nSPS) is 10.5. The molecule has 0 aromatic heterocycles. The molecule has 0 aliphatic heterocycles. The summed E-state index contributed by atoms with van der Waals surface area (Å²) in [5.41, 5.74) is 1.99. The summed E-state index contributed by atoms with van der Waals surface area (Å²) in [5.74, 6) is 0.649. The SMILES string of the molecule is CCCCCCCOc1ccc(C(=O)Oc2ccc(CNC(=O)c3ccccc3)cc2)cc1. The largest absolute Gasteiger partial charge is 0.494 e. The van der Waals surface area contributed by atoms with Gasteiger partial charge in [-0.25, -0.2) is 4.79 Å². The molecule has 0 atom stereocenters. The number of ether oxygens (including phenoxy) is 2. The van der Waals surface area contributed by atoms with Crippen LogP contribution in [0.3, 0.4) is 0 Å². The molecular weight excluding hydrogens is 414 g/mol. The molecular formula is C28H31NO4. The molecule has 0 spiro atoms. The maximum Gasteiger partial charge on any atom is 0.343 e. The molecule has 5 heteroatoms. The Morgan fingerprint density at radius 3 is 2.09 bits per heavy atom. The average molecular weight is 446 g/mol. The fourth-order valence-corrected chi connectivity index (χ4v) is 3.30. The topological polar surface area (TPSA) is 64.6 Å². The first kappa shape index (κ1) is 24.1. The van der Waals surface area contributed by atoms with Gasteiger partial charge in [-0.3, -0.25) is 4.79 Å². The van der Waals surface area contributed by atoms with Crippen LogP contribution >= 0.6 is 0 Å². The lowest BCUT2D eigenvalue weighted by Gasteiger charge is -2.09. The highest BCUT2D eigenvalue weighted by Gasteiger charge is 2.09. The quantitative estimate of drug-likeness (QED) is 0.205. The highest BCUT2D eigenvalue weighted by atomic mass is 16.5. The highest BCUT2D eigenvalue weighted by molar-refractivity contribution is 5.94. The molecule has 3 aromatic carbocycles. The van der Waals surface area contributed by atoms with Crippen molar-refractivity contribution in [1.29, 1.82) is 0 Å². The summed E-state index contributed by atoms with van der Waals surface area (Å²) in [6, 6.07) is 23.2. The Balaban J connectivity index is 1.43. The second-order valence-electron chi connectivity index (χ2n) is 7.87. The molecule has 0 aliphatic rings. The molecule has 3 rings (SSSR count). The zero-order valence-electron chi connectivity index (χ0n) is 19.1. The summed E-state index contributed by atoms with van der Waals surface area (Å²) in [6.45, 7) is 3.28. The van der Waals surface area contributed by atoms with Gasteiger partial charge in [0.1, 0.15) is 11.5 Å². The highest BCUT2D eigenvalue weighted by Crippen LogP contribution is 2.17. The lowest BCUT2D eigenvalue weighted by Crippen LogP contribution is -2.22. The number of carbonyl (C=O) groups excluding carboxylic acids is 2. The van der Waals surface area contributed by atoms with E-state index in [4.69, 9.17) is 9.47 Å². The van der Waals surface area contributed by atoms with Crippen molar-refractivity contribution in [3.63, 3.8) is 0 Å². The van der Waals surface area contributed by atoms with Gasteiger partial charge in [-0.05, 0) is 60.5 Å². The van der Waals surface area contributed by atoms with E-state index >= 15 is 0 Å². The number of hydrogen-bond acceptors (Lipinski definition) is 4. The van der Waals surface area contributed by atoms with Gasteiger partial charge in [0.25, 0.3) is 5.91 Å². The molecule has 172 valence electrons. The molecule has 0 heterocycles. The zero-order chi connectivity index (χ0) is 23.3. The van der Waals surface area contributed by atoms with E-state index in [9.17, 15) is 9.59 Å². The molecule has 1 amide bonds. The van der Waals surface area contributed by atoms with E-state index < -0.39 is 5.97 Å². The first-order valence-corrected chi connectivity index (χ1v) is 11.5. The second kappa shape index (κ2) is 13.1. The Bertz CT molecular complexity index is 998. The van der Waals surface area contributed by atoms with Crippen molar-refractivity contribution in [2.75, 3.05) is 6.61 Å². The van der Waals surface area contributed by atoms with Gasteiger partial charge in [-0.2, -0.15) is 0 Å². The van der Waals surface area contributed by atoms with E-state index in [0.717, 1.165) is 17.7 Å². The second-order valence-corrected chi connectivity index (χ2v) is 7.87. The summed E-state index contributed by atoms with van der Waals surface area (Å²) in [6.07, 6.45) is 5.96. The van der Waals surface area contributed by atoms with E-state index in [2.05, 4.69) is 12.2 Å². The lowest BCUT2D eigenvalue weighted by atomic mass is 10.2. The summed E-state index contributed by atoms with van der Waals surface area (Å²) in [7, 11) is 0. The minimum absolute atomic E-state index is 0.130. The van der Waals surface area contributed by atoms with Crippen LogP contribution in [-0.2, 0) is 6.54 Å². The molecule has 0 unspecified atom stereocenters. The van der Waals surface area contributed by atoms with Crippen molar-refractivity contribution >= 4 is 11.9 Å². The van der Waals surface area contributed by atoms with E-state index in [-0.39, 0.29) is 5.91 Å². The summed E-state index contributed by atoms with van der Waals surface area (Å²) in [4.78, 5) is 24.6. The Morgan fingerprint density at radius 1 is 0.727 bits per heavy atom. The van der Waals surface area contributed by atoms with Crippen LogP contribution in [0.5, 0.6) is 11.5 Å². The van der Waals surface area contributed by atoms with Crippen molar-refractivity contribution < 1.29 is 19.1 Å². The van der Waals surface area contributed by atoms with Crippen molar-refractivity contribution in [3.05, 3.63) is 95.6 Å². The van der Waals surface area contributed by atoms with Crippen LogP contribution in [0.1, 0.15) is 65.3 Å². The molecule has 0 saturated heterocycles. The van der Waals surface area contributed by atoms with Crippen molar-refractivity contribution in [1.82, 2.24) is 5.32 Å². The number of amides is 1. The van der Waals surface area contributed by atoms with Gasteiger partial charge in [0.05, 0.1) is 12.2 Å². The van der Waals surface area contributed by atoms with Gasteiger partial charge < -0.3 is 14.8 Å². The predicted molar refractivity (Wildman–Crippen MR) is 130 cm³/mol.